The molecule has 0 bridgehead atoms. The van der Waals surface area contributed by atoms with Crippen molar-refractivity contribution in [1.82, 2.24) is 15.5 Å². The van der Waals surface area contributed by atoms with Crippen molar-refractivity contribution in [3.8, 4) is 0 Å². The van der Waals surface area contributed by atoms with Crippen molar-refractivity contribution in [1.29, 1.82) is 0 Å². The van der Waals surface area contributed by atoms with E-state index in [9.17, 15) is 14.0 Å². The van der Waals surface area contributed by atoms with Gasteiger partial charge in [-0.15, -0.1) is 0 Å². The smallest absolute Gasteiger partial charge is 0.243 e. The van der Waals surface area contributed by atoms with E-state index in [1.165, 1.54) is 12.1 Å². The minimum Gasteiger partial charge on any atom is -0.357 e. The molecule has 1 aliphatic heterocycles. The molecule has 2 rings (SSSR count). The average Bonchev–Trinajstić information content (AvgIpc) is 2.46. The largest absolute Gasteiger partial charge is 0.357 e. The van der Waals surface area contributed by atoms with Gasteiger partial charge in [-0.3, -0.25) is 9.59 Å². The Morgan fingerprint density at radius 1 is 1.50 bits per heavy atom. The number of amides is 2. The van der Waals surface area contributed by atoms with Crippen LogP contribution in [0.1, 0.15) is 5.56 Å². The first-order valence-electron chi connectivity index (χ1n) is 6.58. The SMILES string of the molecule is CNC(=O)C1CNCCN1C(=O)Cc1cccc(F)c1. The number of carbonyl (C=O) groups excluding carboxylic acids is 2. The molecule has 0 saturated carbocycles. The fourth-order valence-corrected chi connectivity index (χ4v) is 2.33. The molecule has 0 aliphatic carbocycles. The van der Waals surface area contributed by atoms with Crippen LogP contribution in [0.25, 0.3) is 0 Å². The third kappa shape index (κ3) is 3.33. The first-order chi connectivity index (χ1) is 9.61. The van der Waals surface area contributed by atoms with Gasteiger partial charge in [0.15, 0.2) is 0 Å². The van der Waals surface area contributed by atoms with Crippen molar-refractivity contribution >= 4 is 11.8 Å². The highest BCUT2D eigenvalue weighted by Crippen LogP contribution is 2.10. The summed E-state index contributed by atoms with van der Waals surface area (Å²) in [6.07, 6.45) is 0.102. The lowest BCUT2D eigenvalue weighted by molar-refractivity contribution is -0.140. The quantitative estimate of drug-likeness (QED) is 0.813. The third-order valence-electron chi connectivity index (χ3n) is 3.36. The van der Waals surface area contributed by atoms with E-state index in [1.54, 1.807) is 24.1 Å². The number of hydrogen-bond donors (Lipinski definition) is 2. The highest BCUT2D eigenvalue weighted by Gasteiger charge is 2.31. The van der Waals surface area contributed by atoms with Gasteiger partial charge in [-0.25, -0.2) is 4.39 Å². The van der Waals surface area contributed by atoms with Crippen LogP contribution in [0.5, 0.6) is 0 Å². The number of benzene rings is 1. The van der Waals surface area contributed by atoms with Gasteiger partial charge >= 0.3 is 0 Å². The van der Waals surface area contributed by atoms with Crippen LogP contribution in [-0.4, -0.2) is 49.4 Å². The standard InChI is InChI=1S/C14H18FN3O2/c1-16-14(20)12-9-17-5-6-18(12)13(19)8-10-3-2-4-11(15)7-10/h2-4,7,12,17H,5-6,8-9H2,1H3,(H,16,20). The van der Waals surface area contributed by atoms with E-state index in [1.807, 2.05) is 0 Å². The lowest BCUT2D eigenvalue weighted by Gasteiger charge is -2.35. The lowest BCUT2D eigenvalue weighted by Crippen LogP contribution is -2.59. The maximum absolute atomic E-state index is 13.1. The van der Waals surface area contributed by atoms with Crippen LogP contribution in [0.3, 0.4) is 0 Å². The summed E-state index contributed by atoms with van der Waals surface area (Å²) in [5.74, 6) is -0.714. The van der Waals surface area contributed by atoms with Crippen molar-refractivity contribution in [2.45, 2.75) is 12.5 Å². The lowest BCUT2D eigenvalue weighted by atomic mass is 10.1. The predicted octanol–water partition coefficient (Wildman–Crippen LogP) is -0.0854. The van der Waals surface area contributed by atoms with Crippen molar-refractivity contribution < 1.29 is 14.0 Å². The predicted molar refractivity (Wildman–Crippen MR) is 72.5 cm³/mol. The Morgan fingerprint density at radius 3 is 3.00 bits per heavy atom. The molecule has 1 aliphatic rings. The molecule has 2 N–H and O–H groups in total. The Morgan fingerprint density at radius 2 is 2.30 bits per heavy atom. The van der Waals surface area contributed by atoms with Gasteiger partial charge in [0.1, 0.15) is 11.9 Å². The Balaban J connectivity index is 2.08. The van der Waals surface area contributed by atoms with Crippen LogP contribution in [0, 0.1) is 5.82 Å². The molecule has 20 heavy (non-hydrogen) atoms. The van der Waals surface area contributed by atoms with E-state index >= 15 is 0 Å². The Hall–Kier alpha value is -1.95. The Labute approximate surface area is 117 Å². The zero-order valence-corrected chi connectivity index (χ0v) is 11.4. The molecule has 0 spiro atoms. The number of piperazine rings is 1. The maximum Gasteiger partial charge on any atom is 0.243 e. The topological polar surface area (TPSA) is 61.4 Å². The van der Waals surface area contributed by atoms with E-state index in [4.69, 9.17) is 0 Å². The van der Waals surface area contributed by atoms with E-state index in [2.05, 4.69) is 10.6 Å². The second-order valence-electron chi connectivity index (χ2n) is 4.73. The number of carbonyl (C=O) groups is 2. The molecule has 1 fully saturated rings. The van der Waals surface area contributed by atoms with Gasteiger partial charge in [-0.1, -0.05) is 12.1 Å². The van der Waals surface area contributed by atoms with Crippen molar-refractivity contribution in [2.75, 3.05) is 26.7 Å². The first-order valence-corrected chi connectivity index (χ1v) is 6.58. The van der Waals surface area contributed by atoms with Gasteiger partial charge in [0.25, 0.3) is 0 Å². The minimum atomic E-state index is -0.505. The molecule has 5 nitrogen and oxygen atoms in total. The molecule has 1 heterocycles. The highest BCUT2D eigenvalue weighted by atomic mass is 19.1. The zero-order chi connectivity index (χ0) is 14.5. The summed E-state index contributed by atoms with van der Waals surface area (Å²) in [7, 11) is 1.55. The normalized spacial score (nSPS) is 18.7. The van der Waals surface area contributed by atoms with Crippen LogP contribution in [-0.2, 0) is 16.0 Å². The van der Waals surface area contributed by atoms with Gasteiger partial charge in [0.2, 0.25) is 11.8 Å². The van der Waals surface area contributed by atoms with E-state index in [0.717, 1.165) is 0 Å². The number of hydrogen-bond acceptors (Lipinski definition) is 3. The van der Waals surface area contributed by atoms with Crippen LogP contribution in [0.2, 0.25) is 0 Å². The summed E-state index contributed by atoms with van der Waals surface area (Å²) in [6.45, 7) is 1.57. The molecule has 1 aromatic rings. The molecule has 1 saturated heterocycles. The Kier molecular flexibility index (Phi) is 4.68. The summed E-state index contributed by atoms with van der Waals surface area (Å²) in [5.41, 5.74) is 0.615. The molecule has 108 valence electrons. The summed E-state index contributed by atoms with van der Waals surface area (Å²) in [4.78, 5) is 25.6. The number of likely N-dealkylation sites (N-methyl/N-ethyl adjacent to an activating group) is 1. The van der Waals surface area contributed by atoms with Crippen molar-refractivity contribution in [2.24, 2.45) is 0 Å². The van der Waals surface area contributed by atoms with Crippen LogP contribution in [0.4, 0.5) is 4.39 Å². The van der Waals surface area contributed by atoms with Gasteiger partial charge in [0, 0.05) is 26.7 Å². The van der Waals surface area contributed by atoms with E-state index < -0.39 is 6.04 Å². The minimum absolute atomic E-state index is 0.102. The molecule has 6 heteroatoms. The first kappa shape index (κ1) is 14.5. The van der Waals surface area contributed by atoms with Crippen LogP contribution < -0.4 is 10.6 Å². The molecule has 0 aromatic heterocycles. The fraction of sp³-hybridized carbons (Fsp3) is 0.429. The molecule has 2 amide bonds. The number of halogens is 1. The van der Waals surface area contributed by atoms with Gasteiger partial charge in [0.05, 0.1) is 6.42 Å². The highest BCUT2D eigenvalue weighted by molar-refractivity contribution is 5.88. The maximum atomic E-state index is 13.1. The molecular weight excluding hydrogens is 261 g/mol. The van der Waals surface area contributed by atoms with Crippen molar-refractivity contribution in [3.63, 3.8) is 0 Å². The average molecular weight is 279 g/mol. The summed E-state index contributed by atoms with van der Waals surface area (Å²) in [6, 6.07) is 5.46. The van der Waals surface area contributed by atoms with Crippen molar-refractivity contribution in [3.05, 3.63) is 35.6 Å². The molecular formula is C14H18FN3O2. The van der Waals surface area contributed by atoms with Crippen LogP contribution in [0.15, 0.2) is 24.3 Å². The number of nitrogens with one attached hydrogen (secondary N) is 2. The number of nitrogens with zero attached hydrogens (tertiary/aromatic N) is 1. The summed E-state index contributed by atoms with van der Waals surface area (Å²) in [5, 5.41) is 5.65. The van der Waals surface area contributed by atoms with Gasteiger partial charge in [-0.05, 0) is 17.7 Å². The molecule has 0 radical (unpaired) electrons. The zero-order valence-electron chi connectivity index (χ0n) is 11.4. The van der Waals surface area contributed by atoms with E-state index in [-0.39, 0.29) is 24.1 Å². The molecule has 1 atom stereocenters. The third-order valence-corrected chi connectivity index (χ3v) is 3.36. The number of rotatable bonds is 3. The summed E-state index contributed by atoms with van der Waals surface area (Å²) >= 11 is 0. The summed E-state index contributed by atoms with van der Waals surface area (Å²) < 4.78 is 13.1. The fourth-order valence-electron chi connectivity index (χ4n) is 2.33. The van der Waals surface area contributed by atoms with Gasteiger partial charge < -0.3 is 15.5 Å². The monoisotopic (exact) mass is 279 g/mol. The Bertz CT molecular complexity index is 507. The molecule has 1 unspecified atom stereocenters. The van der Waals surface area contributed by atoms with E-state index in [0.29, 0.717) is 25.2 Å². The second kappa shape index (κ2) is 6.47. The van der Waals surface area contributed by atoms with Crippen LogP contribution >= 0.6 is 0 Å². The molecule has 1 aromatic carbocycles. The van der Waals surface area contributed by atoms with Gasteiger partial charge in [-0.2, -0.15) is 0 Å². The second-order valence-corrected chi connectivity index (χ2v) is 4.73.